The highest BCUT2D eigenvalue weighted by Gasteiger charge is 2.30. The van der Waals surface area contributed by atoms with Gasteiger partial charge in [0.2, 0.25) is 0 Å². The lowest BCUT2D eigenvalue weighted by atomic mass is 9.97. The Morgan fingerprint density at radius 3 is 2.47 bits per heavy atom. The number of hydrogen-bond donors (Lipinski definition) is 0. The summed E-state index contributed by atoms with van der Waals surface area (Å²) < 4.78 is 13.8. The molecule has 17 heavy (non-hydrogen) atoms. The van der Waals surface area contributed by atoms with E-state index < -0.39 is 10.9 Å². The summed E-state index contributed by atoms with van der Waals surface area (Å²) in [6.07, 6.45) is 0. The summed E-state index contributed by atoms with van der Waals surface area (Å²) in [5, 5.41) is 0. The molecule has 98 valence electrons. The molecule has 0 aromatic rings. The summed E-state index contributed by atoms with van der Waals surface area (Å²) in [4.78, 5) is 31.6. The van der Waals surface area contributed by atoms with Crippen molar-refractivity contribution < 1.29 is 28.6 Å². The molecule has 0 aliphatic heterocycles. The maximum absolute atomic E-state index is 11.4. The quantitative estimate of drug-likeness (QED) is 0.261. The molecule has 1 unspecified atom stereocenters. The molecule has 7 heteroatoms. The van der Waals surface area contributed by atoms with Crippen molar-refractivity contribution in [3.8, 4) is 0 Å². The van der Waals surface area contributed by atoms with E-state index in [9.17, 15) is 14.4 Å². The summed E-state index contributed by atoms with van der Waals surface area (Å²) in [7, 11) is 1.31. The van der Waals surface area contributed by atoms with Crippen LogP contribution in [-0.4, -0.2) is 43.8 Å². The van der Waals surface area contributed by atoms with Crippen LogP contribution >= 0.6 is 11.8 Å². The monoisotopic (exact) mass is 264 g/mol. The molecule has 0 saturated carbocycles. The van der Waals surface area contributed by atoms with E-state index in [2.05, 4.69) is 9.47 Å². The first-order valence-corrected chi connectivity index (χ1v) is 5.87. The smallest absolute Gasteiger partial charge is 0.312 e. The number of carbonyl (C=O) groups excluding carboxylic acids is 3. The lowest BCUT2D eigenvalue weighted by Crippen LogP contribution is -2.30. The van der Waals surface area contributed by atoms with Gasteiger partial charge in [-0.05, 0) is 13.8 Å². The first kappa shape index (κ1) is 15.8. The highest BCUT2D eigenvalue weighted by Crippen LogP contribution is 2.26. The van der Waals surface area contributed by atoms with Crippen LogP contribution in [0.25, 0.3) is 0 Å². The van der Waals surface area contributed by atoms with E-state index >= 15 is 0 Å². The molecule has 1 atom stereocenters. The Labute approximate surface area is 104 Å². The predicted molar refractivity (Wildman–Crippen MR) is 61.2 cm³/mol. The van der Waals surface area contributed by atoms with Crippen molar-refractivity contribution in [3.05, 3.63) is 0 Å². The van der Waals surface area contributed by atoms with Crippen LogP contribution in [-0.2, 0) is 28.6 Å². The molecule has 0 aliphatic rings. The molecule has 0 fully saturated rings. The first-order valence-electron chi connectivity index (χ1n) is 4.82. The summed E-state index contributed by atoms with van der Waals surface area (Å²) in [6, 6.07) is 0. The molecule has 0 bridgehead atoms. The molecule has 0 aromatic carbocycles. The van der Waals surface area contributed by atoms with Crippen molar-refractivity contribution in [1.29, 1.82) is 0 Å². The highest BCUT2D eigenvalue weighted by molar-refractivity contribution is 7.99. The Morgan fingerprint density at radius 2 is 2.00 bits per heavy atom. The zero-order valence-corrected chi connectivity index (χ0v) is 10.8. The summed E-state index contributed by atoms with van der Waals surface area (Å²) >= 11 is 1.20. The van der Waals surface area contributed by atoms with Crippen LogP contribution in [0, 0.1) is 5.41 Å². The van der Waals surface area contributed by atoms with E-state index in [4.69, 9.17) is 4.74 Å². The second-order valence-corrected chi connectivity index (χ2v) is 4.93. The lowest BCUT2D eigenvalue weighted by Gasteiger charge is -2.23. The van der Waals surface area contributed by atoms with E-state index in [1.165, 1.54) is 18.9 Å². The summed E-state index contributed by atoms with van der Waals surface area (Å²) in [6.45, 7) is 3.92. The zero-order chi connectivity index (χ0) is 13.3. The van der Waals surface area contributed by atoms with Gasteiger partial charge in [0.25, 0.3) is 12.9 Å². The van der Waals surface area contributed by atoms with Crippen LogP contribution in [0.1, 0.15) is 13.8 Å². The van der Waals surface area contributed by atoms with Crippen molar-refractivity contribution in [2.75, 3.05) is 19.5 Å². The second-order valence-electron chi connectivity index (χ2n) is 3.78. The zero-order valence-electron chi connectivity index (χ0n) is 10.0. The molecule has 0 aromatic heterocycles. The van der Waals surface area contributed by atoms with E-state index in [0.29, 0.717) is 5.75 Å². The van der Waals surface area contributed by atoms with Gasteiger partial charge in [-0.25, -0.2) is 0 Å². The minimum atomic E-state index is -0.703. The minimum absolute atomic E-state index is 0.0514. The number of thioether (sulfide) groups is 1. The lowest BCUT2D eigenvalue weighted by molar-refractivity contribution is -0.149. The second kappa shape index (κ2) is 7.94. The highest BCUT2D eigenvalue weighted by atomic mass is 32.2. The molecule has 0 saturated heterocycles. The Morgan fingerprint density at radius 1 is 1.35 bits per heavy atom. The van der Waals surface area contributed by atoms with Gasteiger partial charge in [0.1, 0.15) is 6.61 Å². The molecule has 0 rings (SSSR count). The van der Waals surface area contributed by atoms with Gasteiger partial charge < -0.3 is 14.2 Å². The van der Waals surface area contributed by atoms with Crippen LogP contribution in [0.15, 0.2) is 0 Å². The van der Waals surface area contributed by atoms with Gasteiger partial charge >= 0.3 is 5.97 Å². The molecule has 0 amide bonds. The van der Waals surface area contributed by atoms with Crippen molar-refractivity contribution in [2.45, 2.75) is 19.3 Å². The van der Waals surface area contributed by atoms with E-state index in [1.54, 1.807) is 13.8 Å². The molecule has 0 heterocycles. The molecule has 0 N–H and O–H groups in total. The van der Waals surface area contributed by atoms with Gasteiger partial charge in [-0.2, -0.15) is 0 Å². The van der Waals surface area contributed by atoms with Crippen molar-refractivity contribution in [2.24, 2.45) is 5.41 Å². The number of hydrogen-bond acceptors (Lipinski definition) is 7. The van der Waals surface area contributed by atoms with Crippen LogP contribution in [0.5, 0.6) is 0 Å². The summed E-state index contributed by atoms with van der Waals surface area (Å²) in [5.74, 6) is 0.0200. The van der Waals surface area contributed by atoms with Gasteiger partial charge in [-0.3, -0.25) is 14.4 Å². The van der Waals surface area contributed by atoms with Crippen LogP contribution in [0.2, 0.25) is 0 Å². The van der Waals surface area contributed by atoms with Gasteiger partial charge in [0.05, 0.1) is 12.5 Å². The molecule has 0 radical (unpaired) electrons. The van der Waals surface area contributed by atoms with Crippen molar-refractivity contribution in [1.82, 2.24) is 0 Å². The van der Waals surface area contributed by atoms with E-state index in [1.807, 2.05) is 0 Å². The Hall–Kier alpha value is -1.24. The van der Waals surface area contributed by atoms with Gasteiger partial charge in [0, 0.05) is 5.75 Å². The normalized spacial score (nSPS) is 12.4. The van der Waals surface area contributed by atoms with Crippen LogP contribution < -0.4 is 0 Å². The fourth-order valence-corrected chi connectivity index (χ4v) is 1.96. The van der Waals surface area contributed by atoms with Crippen LogP contribution in [0.3, 0.4) is 0 Å². The largest absolute Gasteiger partial charge is 0.469 e. The number of carbonyl (C=O) groups is 3. The fourth-order valence-electron chi connectivity index (χ4n) is 0.943. The van der Waals surface area contributed by atoms with Gasteiger partial charge in [0.15, 0.2) is 5.44 Å². The molecular formula is C10H16O6S. The average Bonchev–Trinajstić information content (AvgIpc) is 2.31. The maximum atomic E-state index is 11.4. The Kier molecular flexibility index (Phi) is 7.36. The number of esters is 1. The standard InChI is InChI=1S/C10H16O6S/c1-10(2,9(13)14-3)5-17-8(16-7-12)4-15-6-11/h6-8H,4-5H2,1-3H3. The third-order valence-corrected chi connectivity index (χ3v) is 3.38. The number of ether oxygens (including phenoxy) is 3. The van der Waals surface area contributed by atoms with E-state index in [-0.39, 0.29) is 25.5 Å². The van der Waals surface area contributed by atoms with Crippen LogP contribution in [0.4, 0.5) is 0 Å². The SMILES string of the molecule is COC(=O)C(C)(C)CSC(COC=O)OC=O. The van der Waals surface area contributed by atoms with Crippen molar-refractivity contribution >= 4 is 30.7 Å². The molecule has 0 aliphatic carbocycles. The van der Waals surface area contributed by atoms with Crippen molar-refractivity contribution in [3.63, 3.8) is 0 Å². The third-order valence-electron chi connectivity index (χ3n) is 1.88. The number of rotatable bonds is 9. The van der Waals surface area contributed by atoms with E-state index in [0.717, 1.165) is 0 Å². The molecule has 6 nitrogen and oxygen atoms in total. The minimum Gasteiger partial charge on any atom is -0.469 e. The summed E-state index contributed by atoms with van der Waals surface area (Å²) in [5.41, 5.74) is -1.33. The Balaban J connectivity index is 4.22. The topological polar surface area (TPSA) is 78.9 Å². The third kappa shape index (κ3) is 6.15. The average molecular weight is 264 g/mol. The fraction of sp³-hybridized carbons (Fsp3) is 0.700. The van der Waals surface area contributed by atoms with Gasteiger partial charge in [-0.1, -0.05) is 0 Å². The Bertz CT molecular complexity index is 266. The predicted octanol–water partition coefficient (Wildman–Crippen LogP) is 0.591. The maximum Gasteiger partial charge on any atom is 0.312 e. The molecular weight excluding hydrogens is 248 g/mol. The van der Waals surface area contributed by atoms with Gasteiger partial charge in [-0.15, -0.1) is 11.8 Å². The first-order chi connectivity index (χ1) is 7.97. The number of methoxy groups -OCH3 is 1. The molecule has 0 spiro atoms.